The highest BCUT2D eigenvalue weighted by Gasteiger charge is 2.30. The Labute approximate surface area is 128 Å². The van der Waals surface area contributed by atoms with Crippen LogP contribution in [0, 0.1) is 0 Å². The predicted molar refractivity (Wildman–Crippen MR) is 83.3 cm³/mol. The molecule has 0 atom stereocenters. The van der Waals surface area contributed by atoms with Gasteiger partial charge in [-0.1, -0.05) is 6.92 Å². The van der Waals surface area contributed by atoms with Gasteiger partial charge >= 0.3 is 0 Å². The Morgan fingerprint density at radius 1 is 1.38 bits per heavy atom. The van der Waals surface area contributed by atoms with Crippen LogP contribution in [0.1, 0.15) is 19.8 Å². The van der Waals surface area contributed by atoms with Gasteiger partial charge in [-0.2, -0.15) is 4.37 Å². The molecule has 0 radical (unpaired) electrons. The number of nitrogens with two attached hydrogens (primary N) is 1. The highest BCUT2D eigenvalue weighted by atomic mass is 32.2. The Kier molecular flexibility index (Phi) is 4.72. The van der Waals surface area contributed by atoms with Crippen molar-refractivity contribution in [2.45, 2.75) is 24.7 Å². The average Bonchev–Trinajstić information content (AvgIpc) is 2.71. The van der Waals surface area contributed by atoms with Crippen LogP contribution in [0.15, 0.2) is 4.90 Å². The largest absolute Gasteiger partial charge is 0.382 e. The van der Waals surface area contributed by atoms with Crippen LogP contribution in [0.25, 0.3) is 0 Å². The van der Waals surface area contributed by atoms with E-state index < -0.39 is 9.84 Å². The number of likely N-dealkylation sites (N-methyl/N-ethyl adjacent to an activating group) is 1. The van der Waals surface area contributed by atoms with Gasteiger partial charge in [-0.15, -0.1) is 0 Å². The average molecular weight is 332 g/mol. The third kappa shape index (κ3) is 3.29. The van der Waals surface area contributed by atoms with E-state index in [2.05, 4.69) is 4.37 Å². The van der Waals surface area contributed by atoms with Gasteiger partial charge in [0.2, 0.25) is 5.91 Å². The molecule has 1 aliphatic rings. The molecule has 21 heavy (non-hydrogen) atoms. The Morgan fingerprint density at radius 3 is 2.76 bits per heavy atom. The molecule has 7 nitrogen and oxygen atoms in total. The molecule has 1 aromatic heterocycles. The number of hydrogen-bond donors (Lipinski definition) is 1. The lowest BCUT2D eigenvalue weighted by Gasteiger charge is -2.21. The molecule has 9 heteroatoms. The van der Waals surface area contributed by atoms with Crippen LogP contribution in [0.3, 0.4) is 0 Å². The molecule has 2 rings (SSSR count). The second kappa shape index (κ2) is 6.18. The Hall–Kier alpha value is -1.35. The fourth-order valence-electron chi connectivity index (χ4n) is 2.31. The SMILES string of the molecule is CCCS(=O)(=O)c1c(N)nsc1N1CCCN(C)C(=O)C1. The smallest absolute Gasteiger partial charge is 0.241 e. The van der Waals surface area contributed by atoms with Crippen LogP contribution in [0.5, 0.6) is 0 Å². The van der Waals surface area contributed by atoms with Crippen LogP contribution >= 0.6 is 11.5 Å². The molecule has 118 valence electrons. The van der Waals surface area contributed by atoms with Crippen LogP contribution in [0.2, 0.25) is 0 Å². The van der Waals surface area contributed by atoms with Gasteiger partial charge in [-0.3, -0.25) is 4.79 Å². The lowest BCUT2D eigenvalue weighted by molar-refractivity contribution is -0.127. The van der Waals surface area contributed by atoms with E-state index in [9.17, 15) is 13.2 Å². The molecule has 0 aliphatic carbocycles. The summed E-state index contributed by atoms with van der Waals surface area (Å²) < 4.78 is 28.7. The maximum Gasteiger partial charge on any atom is 0.241 e. The van der Waals surface area contributed by atoms with E-state index >= 15 is 0 Å². The van der Waals surface area contributed by atoms with Crippen molar-refractivity contribution in [3.05, 3.63) is 0 Å². The Morgan fingerprint density at radius 2 is 2.10 bits per heavy atom. The van der Waals surface area contributed by atoms with Crippen molar-refractivity contribution in [1.29, 1.82) is 0 Å². The normalized spacial score (nSPS) is 17.1. The van der Waals surface area contributed by atoms with E-state index in [0.29, 0.717) is 24.5 Å². The first kappa shape index (κ1) is 16.0. The monoisotopic (exact) mass is 332 g/mol. The van der Waals surface area contributed by atoms with Gasteiger partial charge in [0.15, 0.2) is 15.7 Å². The van der Waals surface area contributed by atoms with E-state index in [4.69, 9.17) is 5.73 Å². The zero-order chi connectivity index (χ0) is 15.6. The zero-order valence-electron chi connectivity index (χ0n) is 12.2. The predicted octanol–water partition coefficient (Wildman–Crippen LogP) is 0.578. The molecule has 0 unspecified atom stereocenters. The number of nitrogen functional groups attached to an aromatic ring is 1. The van der Waals surface area contributed by atoms with E-state index in [1.54, 1.807) is 23.8 Å². The third-order valence-electron chi connectivity index (χ3n) is 3.40. The molecule has 0 saturated carbocycles. The minimum absolute atomic E-state index is 0.0293. The summed E-state index contributed by atoms with van der Waals surface area (Å²) in [5.74, 6) is 0.0384. The van der Waals surface area contributed by atoms with Crippen molar-refractivity contribution in [1.82, 2.24) is 9.27 Å². The summed E-state index contributed by atoms with van der Waals surface area (Å²) in [6, 6.07) is 0. The van der Waals surface area contributed by atoms with Crippen LogP contribution < -0.4 is 10.6 Å². The van der Waals surface area contributed by atoms with Gasteiger partial charge in [-0.05, 0) is 24.4 Å². The third-order valence-corrected chi connectivity index (χ3v) is 6.42. The molecule has 2 N–H and O–H groups in total. The van der Waals surface area contributed by atoms with Crippen molar-refractivity contribution in [3.8, 4) is 0 Å². The van der Waals surface area contributed by atoms with E-state index in [-0.39, 0.29) is 28.9 Å². The molecule has 1 aromatic rings. The van der Waals surface area contributed by atoms with Crippen LogP contribution in [0.4, 0.5) is 10.8 Å². The first-order chi connectivity index (χ1) is 9.86. The van der Waals surface area contributed by atoms with E-state index in [0.717, 1.165) is 18.0 Å². The van der Waals surface area contributed by atoms with Crippen molar-refractivity contribution < 1.29 is 13.2 Å². The van der Waals surface area contributed by atoms with Gasteiger partial charge in [0.05, 0.1) is 12.3 Å². The van der Waals surface area contributed by atoms with Gasteiger partial charge in [0, 0.05) is 20.1 Å². The highest BCUT2D eigenvalue weighted by molar-refractivity contribution is 7.91. The lowest BCUT2D eigenvalue weighted by atomic mass is 10.4. The molecule has 0 spiro atoms. The summed E-state index contributed by atoms with van der Waals surface area (Å²) in [6.07, 6.45) is 1.30. The van der Waals surface area contributed by atoms with Crippen molar-refractivity contribution >= 4 is 38.1 Å². The summed E-state index contributed by atoms with van der Waals surface area (Å²) in [5.41, 5.74) is 5.76. The highest BCUT2D eigenvalue weighted by Crippen LogP contribution is 2.36. The molecule has 1 amide bonds. The molecular formula is C12H20N4O3S2. The second-order valence-corrected chi connectivity index (χ2v) is 7.91. The standard InChI is InChI=1S/C12H20N4O3S2/c1-3-7-21(18,19)10-11(13)14-20-12(10)16-6-4-5-15(2)9(17)8-16/h3-8H2,1-2H3,(H2,13,14). The summed E-state index contributed by atoms with van der Waals surface area (Å²) in [5, 5.41) is 0.490. The number of carbonyl (C=O) groups excluding carboxylic acids is 1. The van der Waals surface area contributed by atoms with E-state index in [1.165, 1.54) is 0 Å². The second-order valence-electron chi connectivity index (χ2n) is 5.11. The molecule has 1 fully saturated rings. The van der Waals surface area contributed by atoms with Gasteiger partial charge in [0.1, 0.15) is 9.90 Å². The van der Waals surface area contributed by atoms with Gasteiger partial charge in [-0.25, -0.2) is 8.42 Å². The first-order valence-electron chi connectivity index (χ1n) is 6.83. The maximum absolute atomic E-state index is 12.4. The van der Waals surface area contributed by atoms with E-state index in [1.807, 2.05) is 0 Å². The minimum atomic E-state index is -3.46. The number of anilines is 2. The van der Waals surface area contributed by atoms with Gasteiger partial charge < -0.3 is 15.5 Å². The Bertz CT molecular complexity index is 626. The summed E-state index contributed by atoms with van der Waals surface area (Å²) in [7, 11) is -1.71. The molecule has 1 saturated heterocycles. The number of carbonyl (C=O) groups is 1. The lowest BCUT2D eigenvalue weighted by Crippen LogP contribution is -2.34. The molecular weight excluding hydrogens is 312 g/mol. The number of sulfone groups is 1. The summed E-state index contributed by atoms with van der Waals surface area (Å²) >= 11 is 1.05. The zero-order valence-corrected chi connectivity index (χ0v) is 13.8. The maximum atomic E-state index is 12.4. The topological polar surface area (TPSA) is 96.6 Å². The van der Waals surface area contributed by atoms with Crippen molar-refractivity contribution in [3.63, 3.8) is 0 Å². The molecule has 0 aromatic carbocycles. The van der Waals surface area contributed by atoms with Crippen molar-refractivity contribution in [2.24, 2.45) is 0 Å². The van der Waals surface area contributed by atoms with Gasteiger partial charge in [0.25, 0.3) is 0 Å². The number of amides is 1. The fourth-order valence-corrected chi connectivity index (χ4v) is 5.10. The van der Waals surface area contributed by atoms with Crippen LogP contribution in [-0.4, -0.2) is 56.0 Å². The Balaban J connectivity index is 2.39. The minimum Gasteiger partial charge on any atom is -0.382 e. The molecule has 1 aliphatic heterocycles. The number of rotatable bonds is 4. The number of hydrogen-bond acceptors (Lipinski definition) is 7. The first-order valence-corrected chi connectivity index (χ1v) is 9.26. The number of nitrogens with zero attached hydrogens (tertiary/aromatic N) is 3. The summed E-state index contributed by atoms with van der Waals surface area (Å²) in [6.45, 7) is 3.25. The quantitative estimate of drug-likeness (QED) is 0.866. The summed E-state index contributed by atoms with van der Waals surface area (Å²) in [4.78, 5) is 15.5. The fraction of sp³-hybridized carbons (Fsp3) is 0.667. The van der Waals surface area contributed by atoms with Crippen LogP contribution in [-0.2, 0) is 14.6 Å². The number of aromatic nitrogens is 1. The molecule has 0 bridgehead atoms. The molecule has 2 heterocycles. The van der Waals surface area contributed by atoms with Crippen molar-refractivity contribution in [2.75, 3.05) is 43.1 Å².